The Labute approximate surface area is 160 Å². The Morgan fingerprint density at radius 1 is 1.04 bits per heavy atom. The fraction of sp³-hybridized carbons (Fsp3) is 0.350. The maximum absolute atomic E-state index is 12.6. The number of hydrogen-bond donors (Lipinski definition) is 2. The van der Waals surface area contributed by atoms with E-state index in [9.17, 15) is 17.6 Å². The van der Waals surface area contributed by atoms with Crippen molar-refractivity contribution in [3.8, 4) is 0 Å². The molecule has 2 aromatic rings. The number of nitrogens with one attached hydrogen (secondary N) is 1. The number of unbranched alkanes of at least 4 members (excludes halogenated alkanes) is 1. The molecule has 0 unspecified atom stereocenters. The Morgan fingerprint density at radius 3 is 2.15 bits per heavy atom. The van der Waals surface area contributed by atoms with Gasteiger partial charge < -0.3 is 5.32 Å². The maximum atomic E-state index is 12.6. The number of rotatable bonds is 8. The van der Waals surface area contributed by atoms with Crippen LogP contribution in [0.4, 0.5) is 4.39 Å². The lowest BCUT2D eigenvalue weighted by atomic mass is 10.1. The van der Waals surface area contributed by atoms with Gasteiger partial charge in [0.15, 0.2) is 5.78 Å². The molecule has 7 heteroatoms. The summed E-state index contributed by atoms with van der Waals surface area (Å²) < 4.78 is 42.2. The van der Waals surface area contributed by atoms with Gasteiger partial charge in [0.2, 0.25) is 0 Å². The van der Waals surface area contributed by atoms with Crippen molar-refractivity contribution in [2.75, 3.05) is 13.1 Å². The summed E-state index contributed by atoms with van der Waals surface area (Å²) in [5.41, 5.74) is 1.54. The molecule has 0 aromatic heterocycles. The van der Waals surface area contributed by atoms with Crippen molar-refractivity contribution in [3.63, 3.8) is 0 Å². The second kappa shape index (κ2) is 11.6. The third-order valence-corrected chi connectivity index (χ3v) is 4.59. The monoisotopic (exact) mass is 395 g/mol. The Morgan fingerprint density at radius 2 is 1.63 bits per heavy atom. The van der Waals surface area contributed by atoms with Gasteiger partial charge in [0.1, 0.15) is 5.82 Å². The van der Waals surface area contributed by atoms with Gasteiger partial charge in [0.25, 0.3) is 10.1 Å². The molecule has 2 aromatic carbocycles. The summed E-state index contributed by atoms with van der Waals surface area (Å²) in [4.78, 5) is 11.6. The topological polar surface area (TPSA) is 83.5 Å². The zero-order chi connectivity index (χ0) is 20.3. The van der Waals surface area contributed by atoms with E-state index >= 15 is 0 Å². The highest BCUT2D eigenvalue weighted by Gasteiger charge is 2.07. The molecule has 0 saturated carbocycles. The van der Waals surface area contributed by atoms with E-state index in [0.717, 1.165) is 24.9 Å². The van der Waals surface area contributed by atoms with Gasteiger partial charge in [-0.15, -0.1) is 0 Å². The number of ketones is 1. The highest BCUT2D eigenvalue weighted by Crippen LogP contribution is 2.08. The molecule has 0 bridgehead atoms. The van der Waals surface area contributed by atoms with Crippen LogP contribution in [0, 0.1) is 12.7 Å². The van der Waals surface area contributed by atoms with E-state index in [1.807, 2.05) is 6.92 Å². The molecule has 0 saturated heterocycles. The van der Waals surface area contributed by atoms with Crippen LogP contribution in [0.2, 0.25) is 0 Å². The first kappa shape index (κ1) is 23.0. The molecular weight excluding hydrogens is 369 g/mol. The fourth-order valence-corrected chi connectivity index (χ4v) is 2.60. The molecule has 0 amide bonds. The van der Waals surface area contributed by atoms with E-state index < -0.39 is 10.1 Å². The first-order valence-electron chi connectivity index (χ1n) is 8.77. The molecular formula is C20H26FNO4S. The molecule has 0 aliphatic rings. The SMILES string of the molecule is CCCCNCCC(=O)c1ccc(F)cc1.Cc1ccc(S(=O)(=O)O)cc1. The smallest absolute Gasteiger partial charge is 0.294 e. The minimum absolute atomic E-state index is 0.0593. The molecule has 0 heterocycles. The van der Waals surface area contributed by atoms with Crippen LogP contribution in [-0.2, 0) is 10.1 Å². The molecule has 0 aliphatic heterocycles. The Kier molecular flexibility index (Phi) is 9.85. The van der Waals surface area contributed by atoms with Gasteiger partial charge in [-0.1, -0.05) is 31.0 Å². The van der Waals surface area contributed by atoms with E-state index in [4.69, 9.17) is 4.55 Å². The first-order chi connectivity index (χ1) is 12.7. The van der Waals surface area contributed by atoms with Gasteiger partial charge in [-0.2, -0.15) is 8.42 Å². The highest BCUT2D eigenvalue weighted by molar-refractivity contribution is 7.85. The van der Waals surface area contributed by atoms with Crippen LogP contribution < -0.4 is 5.32 Å². The normalized spacial score (nSPS) is 10.8. The first-order valence-corrected chi connectivity index (χ1v) is 10.2. The quantitative estimate of drug-likeness (QED) is 0.401. The largest absolute Gasteiger partial charge is 0.316 e. The lowest BCUT2D eigenvalue weighted by Crippen LogP contribution is -2.19. The van der Waals surface area contributed by atoms with Crippen LogP contribution in [0.1, 0.15) is 42.1 Å². The summed E-state index contributed by atoms with van der Waals surface area (Å²) in [6.45, 7) is 5.61. The van der Waals surface area contributed by atoms with Gasteiger partial charge >= 0.3 is 0 Å². The maximum Gasteiger partial charge on any atom is 0.294 e. The standard InChI is InChI=1S/C13H18FNO.C7H8O3S/c1-2-3-9-15-10-8-13(16)11-4-6-12(14)7-5-11;1-6-2-4-7(5-3-6)11(8,9)10/h4-7,15H,2-3,8-10H2,1H3;2-5H,1H3,(H,8,9,10). The molecule has 27 heavy (non-hydrogen) atoms. The number of halogens is 1. The molecule has 5 nitrogen and oxygen atoms in total. The molecule has 0 radical (unpaired) electrons. The van der Waals surface area contributed by atoms with E-state index in [1.54, 1.807) is 12.1 Å². The van der Waals surface area contributed by atoms with Crippen molar-refractivity contribution in [2.45, 2.75) is 38.0 Å². The lowest BCUT2D eigenvalue weighted by Gasteiger charge is -2.03. The average molecular weight is 395 g/mol. The van der Waals surface area contributed by atoms with Crippen LogP contribution in [0.15, 0.2) is 53.4 Å². The lowest BCUT2D eigenvalue weighted by molar-refractivity contribution is 0.0982. The summed E-state index contributed by atoms with van der Waals surface area (Å²) in [5.74, 6) is -0.249. The van der Waals surface area contributed by atoms with Crippen molar-refractivity contribution >= 4 is 15.9 Å². The van der Waals surface area contributed by atoms with E-state index in [1.165, 1.54) is 36.4 Å². The van der Waals surface area contributed by atoms with Crippen molar-refractivity contribution in [1.82, 2.24) is 5.32 Å². The van der Waals surface area contributed by atoms with Crippen molar-refractivity contribution in [1.29, 1.82) is 0 Å². The van der Waals surface area contributed by atoms with E-state index in [2.05, 4.69) is 12.2 Å². The minimum Gasteiger partial charge on any atom is -0.316 e. The highest BCUT2D eigenvalue weighted by atomic mass is 32.2. The number of aryl methyl sites for hydroxylation is 1. The second-order valence-electron chi connectivity index (χ2n) is 6.07. The average Bonchev–Trinajstić information content (AvgIpc) is 2.62. The predicted molar refractivity (Wildman–Crippen MR) is 104 cm³/mol. The third-order valence-electron chi connectivity index (χ3n) is 3.72. The minimum atomic E-state index is -4.02. The summed E-state index contributed by atoms with van der Waals surface area (Å²) in [7, 11) is -4.02. The molecule has 0 spiro atoms. The van der Waals surface area contributed by atoms with Crippen molar-refractivity contribution in [3.05, 3.63) is 65.5 Å². The van der Waals surface area contributed by atoms with Crippen LogP contribution in [0.5, 0.6) is 0 Å². The van der Waals surface area contributed by atoms with Gasteiger partial charge in [-0.25, -0.2) is 4.39 Å². The Balaban J connectivity index is 0.000000289. The summed E-state index contributed by atoms with van der Waals surface area (Å²) in [6.07, 6.45) is 2.75. The number of benzene rings is 2. The third kappa shape index (κ3) is 9.42. The molecule has 2 rings (SSSR count). The van der Waals surface area contributed by atoms with Crippen molar-refractivity contribution < 1.29 is 22.2 Å². The Bertz CT molecular complexity index is 803. The number of carbonyl (C=O) groups is 1. The predicted octanol–water partition coefficient (Wildman–Crippen LogP) is 4.03. The van der Waals surface area contributed by atoms with Gasteiger partial charge in [0, 0.05) is 18.5 Å². The molecule has 0 atom stereocenters. The molecule has 2 N–H and O–H groups in total. The molecule has 0 aliphatic carbocycles. The fourth-order valence-electron chi connectivity index (χ4n) is 2.12. The van der Waals surface area contributed by atoms with Crippen LogP contribution in [0.3, 0.4) is 0 Å². The Hall–Kier alpha value is -2.09. The van der Waals surface area contributed by atoms with Crippen LogP contribution in [-0.4, -0.2) is 31.8 Å². The zero-order valence-electron chi connectivity index (χ0n) is 15.6. The van der Waals surface area contributed by atoms with E-state index in [-0.39, 0.29) is 16.5 Å². The number of Topliss-reactive ketones (excluding diaryl/α,β-unsaturated/α-hetero) is 1. The molecule has 148 valence electrons. The van der Waals surface area contributed by atoms with Gasteiger partial charge in [-0.3, -0.25) is 9.35 Å². The second-order valence-corrected chi connectivity index (χ2v) is 7.49. The number of carbonyl (C=O) groups excluding carboxylic acids is 1. The van der Waals surface area contributed by atoms with Gasteiger partial charge in [0.05, 0.1) is 4.90 Å². The zero-order valence-corrected chi connectivity index (χ0v) is 16.4. The summed E-state index contributed by atoms with van der Waals surface area (Å²) in [6, 6.07) is 11.7. The van der Waals surface area contributed by atoms with Crippen LogP contribution >= 0.6 is 0 Å². The summed E-state index contributed by atoms with van der Waals surface area (Å²) >= 11 is 0. The van der Waals surface area contributed by atoms with E-state index in [0.29, 0.717) is 18.5 Å². The van der Waals surface area contributed by atoms with Crippen LogP contribution in [0.25, 0.3) is 0 Å². The van der Waals surface area contributed by atoms with Crippen molar-refractivity contribution in [2.24, 2.45) is 0 Å². The number of hydrogen-bond acceptors (Lipinski definition) is 4. The summed E-state index contributed by atoms with van der Waals surface area (Å²) in [5, 5.41) is 3.20. The molecule has 0 fully saturated rings. The van der Waals surface area contributed by atoms with Gasteiger partial charge in [-0.05, 0) is 56.3 Å².